The van der Waals surface area contributed by atoms with Crippen molar-refractivity contribution in [3.63, 3.8) is 0 Å². The van der Waals surface area contributed by atoms with Crippen molar-refractivity contribution in [2.45, 2.75) is 45.8 Å². The van der Waals surface area contributed by atoms with Crippen molar-refractivity contribution in [3.8, 4) is 0 Å². The summed E-state index contributed by atoms with van der Waals surface area (Å²) >= 11 is 0. The van der Waals surface area contributed by atoms with E-state index < -0.39 is 5.60 Å². The number of nitrogens with zero attached hydrogens (tertiary/aromatic N) is 2. The van der Waals surface area contributed by atoms with Crippen molar-refractivity contribution in [2.75, 3.05) is 31.6 Å². The molecule has 0 aliphatic carbocycles. The predicted octanol–water partition coefficient (Wildman–Crippen LogP) is 3.15. The highest BCUT2D eigenvalue weighted by atomic mass is 16.6. The number of hydrogen-bond acceptors (Lipinski definition) is 5. The van der Waals surface area contributed by atoms with Crippen LogP contribution in [0.5, 0.6) is 0 Å². The van der Waals surface area contributed by atoms with Crippen LogP contribution in [-0.2, 0) is 16.0 Å². The van der Waals surface area contributed by atoms with Crippen LogP contribution in [0.4, 0.5) is 10.5 Å². The van der Waals surface area contributed by atoms with E-state index in [0.717, 1.165) is 29.9 Å². The van der Waals surface area contributed by atoms with Gasteiger partial charge in [-0.25, -0.2) is 9.59 Å². The molecule has 3 rings (SSSR count). The van der Waals surface area contributed by atoms with Gasteiger partial charge in [0, 0.05) is 31.2 Å². The Morgan fingerprint density at radius 2 is 1.92 bits per heavy atom. The molecule has 0 bridgehead atoms. The average molecular weight is 346 g/mol. The minimum atomic E-state index is -0.516. The SMILES string of the molecule is COC(=O)c1ccc2c3c1C(C)CN3CCN(C(=O)OC(C)(C)C)C2. The van der Waals surface area contributed by atoms with Crippen molar-refractivity contribution in [1.82, 2.24) is 4.90 Å². The largest absolute Gasteiger partial charge is 0.465 e. The minimum absolute atomic E-state index is 0.261. The molecular formula is C19H26N2O4. The highest BCUT2D eigenvalue weighted by Crippen LogP contribution is 2.42. The number of rotatable bonds is 1. The Balaban J connectivity index is 1.96. The average Bonchev–Trinajstić information content (AvgIpc) is 2.74. The van der Waals surface area contributed by atoms with Gasteiger partial charge in [-0.15, -0.1) is 0 Å². The predicted molar refractivity (Wildman–Crippen MR) is 95.1 cm³/mol. The van der Waals surface area contributed by atoms with Gasteiger partial charge in [0.2, 0.25) is 0 Å². The Labute approximate surface area is 148 Å². The lowest BCUT2D eigenvalue weighted by atomic mass is 9.94. The molecule has 2 aliphatic heterocycles. The highest BCUT2D eigenvalue weighted by molar-refractivity contribution is 5.94. The summed E-state index contributed by atoms with van der Waals surface area (Å²) in [6, 6.07) is 3.75. The molecule has 1 aromatic carbocycles. The summed E-state index contributed by atoms with van der Waals surface area (Å²) in [5, 5.41) is 0. The van der Waals surface area contributed by atoms with Crippen LogP contribution in [-0.4, -0.2) is 49.3 Å². The van der Waals surface area contributed by atoms with Crippen LogP contribution >= 0.6 is 0 Å². The number of benzene rings is 1. The molecule has 0 N–H and O–H groups in total. The summed E-state index contributed by atoms with van der Waals surface area (Å²) in [5.41, 5.74) is 3.28. The second-order valence-electron chi connectivity index (χ2n) is 7.78. The number of anilines is 1. The summed E-state index contributed by atoms with van der Waals surface area (Å²) in [6.45, 7) is 10.4. The Hall–Kier alpha value is -2.24. The van der Waals surface area contributed by atoms with Gasteiger partial charge in [-0.1, -0.05) is 13.0 Å². The minimum Gasteiger partial charge on any atom is -0.465 e. The lowest BCUT2D eigenvalue weighted by Gasteiger charge is -2.27. The number of carbonyl (C=O) groups is 2. The zero-order valence-corrected chi connectivity index (χ0v) is 15.6. The van der Waals surface area contributed by atoms with E-state index in [9.17, 15) is 9.59 Å². The zero-order valence-electron chi connectivity index (χ0n) is 15.6. The van der Waals surface area contributed by atoms with E-state index in [4.69, 9.17) is 9.47 Å². The third-order valence-corrected chi connectivity index (χ3v) is 4.66. The Morgan fingerprint density at radius 3 is 2.56 bits per heavy atom. The number of amides is 1. The number of methoxy groups -OCH3 is 1. The molecule has 0 fully saturated rings. The standard InChI is InChI=1S/C19H26N2O4/c1-12-10-20-8-9-21(18(23)25-19(2,3)4)11-13-6-7-14(17(22)24-5)15(12)16(13)20/h6-7,12H,8-11H2,1-5H3. The van der Waals surface area contributed by atoms with Crippen molar-refractivity contribution < 1.29 is 19.1 Å². The van der Waals surface area contributed by atoms with Crippen LogP contribution in [0, 0.1) is 0 Å². The van der Waals surface area contributed by atoms with Crippen LogP contribution in [0.1, 0.15) is 55.1 Å². The number of ether oxygens (including phenoxy) is 2. The molecule has 1 amide bonds. The van der Waals surface area contributed by atoms with Crippen LogP contribution in [0.25, 0.3) is 0 Å². The smallest absolute Gasteiger partial charge is 0.410 e. The first-order valence-electron chi connectivity index (χ1n) is 8.68. The van der Waals surface area contributed by atoms with Crippen molar-refractivity contribution >= 4 is 17.7 Å². The van der Waals surface area contributed by atoms with Gasteiger partial charge < -0.3 is 19.3 Å². The normalized spacial score (nSPS) is 19.3. The molecule has 1 unspecified atom stereocenters. The molecule has 6 heteroatoms. The summed E-state index contributed by atoms with van der Waals surface area (Å²) in [6.07, 6.45) is -0.299. The van der Waals surface area contributed by atoms with Gasteiger partial charge in [0.25, 0.3) is 0 Å². The molecule has 136 valence electrons. The van der Waals surface area contributed by atoms with Crippen LogP contribution in [0.2, 0.25) is 0 Å². The fourth-order valence-corrected chi connectivity index (χ4v) is 3.67. The van der Waals surface area contributed by atoms with E-state index in [1.165, 1.54) is 7.11 Å². The molecule has 2 heterocycles. The molecule has 6 nitrogen and oxygen atoms in total. The van der Waals surface area contributed by atoms with Gasteiger partial charge >= 0.3 is 12.1 Å². The summed E-state index contributed by atoms with van der Waals surface area (Å²) < 4.78 is 10.5. The maximum absolute atomic E-state index is 12.5. The molecule has 0 saturated carbocycles. The highest BCUT2D eigenvalue weighted by Gasteiger charge is 2.36. The molecule has 1 aromatic rings. The first kappa shape index (κ1) is 17.6. The maximum atomic E-state index is 12.5. The topological polar surface area (TPSA) is 59.1 Å². The molecule has 0 aromatic heterocycles. The first-order valence-corrected chi connectivity index (χ1v) is 8.68. The Bertz CT molecular complexity index is 708. The Kier molecular flexibility index (Phi) is 4.39. The van der Waals surface area contributed by atoms with Gasteiger partial charge in [-0.3, -0.25) is 0 Å². The van der Waals surface area contributed by atoms with Crippen LogP contribution in [0.3, 0.4) is 0 Å². The molecule has 1 atom stereocenters. The van der Waals surface area contributed by atoms with E-state index in [1.54, 1.807) is 4.90 Å². The lowest BCUT2D eigenvalue weighted by Crippen LogP contribution is -2.39. The van der Waals surface area contributed by atoms with Gasteiger partial charge in [-0.2, -0.15) is 0 Å². The Morgan fingerprint density at radius 1 is 1.20 bits per heavy atom. The first-order chi connectivity index (χ1) is 11.7. The summed E-state index contributed by atoms with van der Waals surface area (Å²) in [4.78, 5) is 28.6. The van der Waals surface area contributed by atoms with Gasteiger partial charge in [0.05, 0.1) is 19.2 Å². The molecule has 0 spiro atoms. The third kappa shape index (κ3) is 3.30. The van der Waals surface area contributed by atoms with Crippen molar-refractivity contribution in [3.05, 3.63) is 28.8 Å². The van der Waals surface area contributed by atoms with Gasteiger partial charge in [-0.05, 0) is 38.0 Å². The lowest BCUT2D eigenvalue weighted by molar-refractivity contribution is 0.0243. The second kappa shape index (κ2) is 6.24. The molecule has 25 heavy (non-hydrogen) atoms. The summed E-state index contributed by atoms with van der Waals surface area (Å²) in [5.74, 6) is -0.0446. The maximum Gasteiger partial charge on any atom is 0.410 e. The van der Waals surface area contributed by atoms with E-state index in [-0.39, 0.29) is 18.0 Å². The summed E-state index contributed by atoms with van der Waals surface area (Å²) in [7, 11) is 1.41. The molecule has 0 saturated heterocycles. The molecule has 2 aliphatic rings. The van der Waals surface area contributed by atoms with Crippen molar-refractivity contribution in [2.24, 2.45) is 0 Å². The van der Waals surface area contributed by atoms with E-state index in [0.29, 0.717) is 18.7 Å². The van der Waals surface area contributed by atoms with Crippen LogP contribution in [0.15, 0.2) is 12.1 Å². The fourth-order valence-electron chi connectivity index (χ4n) is 3.67. The number of esters is 1. The second-order valence-corrected chi connectivity index (χ2v) is 7.78. The quantitative estimate of drug-likeness (QED) is 0.731. The van der Waals surface area contributed by atoms with E-state index in [2.05, 4.69) is 11.8 Å². The monoisotopic (exact) mass is 346 g/mol. The van der Waals surface area contributed by atoms with Crippen LogP contribution < -0.4 is 4.90 Å². The fraction of sp³-hybridized carbons (Fsp3) is 0.579. The molecular weight excluding hydrogens is 320 g/mol. The van der Waals surface area contributed by atoms with E-state index >= 15 is 0 Å². The van der Waals surface area contributed by atoms with Gasteiger partial charge in [0.1, 0.15) is 5.60 Å². The number of carbonyl (C=O) groups excluding carboxylic acids is 2. The zero-order chi connectivity index (χ0) is 18.4. The number of hydrogen-bond donors (Lipinski definition) is 0. The van der Waals surface area contributed by atoms with Crippen molar-refractivity contribution in [1.29, 1.82) is 0 Å². The van der Waals surface area contributed by atoms with Gasteiger partial charge in [0.15, 0.2) is 0 Å². The van der Waals surface area contributed by atoms with E-state index in [1.807, 2.05) is 32.9 Å². The molecule has 0 radical (unpaired) electrons. The third-order valence-electron chi connectivity index (χ3n) is 4.66.